The molecule has 0 aliphatic rings. The highest BCUT2D eigenvalue weighted by molar-refractivity contribution is 6.31. The number of nitrogens with one attached hydrogen (secondary N) is 1. The van der Waals surface area contributed by atoms with E-state index in [0.717, 1.165) is 52.0 Å². The Hall–Kier alpha value is -2.89. The first kappa shape index (κ1) is 24.7. The van der Waals surface area contributed by atoms with Crippen LogP contribution in [0.3, 0.4) is 0 Å². The number of hydrogen-bond acceptors (Lipinski definition) is 5. The highest BCUT2D eigenvalue weighted by atomic mass is 35.5. The summed E-state index contributed by atoms with van der Waals surface area (Å²) in [4.78, 5) is 11.0. The predicted octanol–water partition coefficient (Wildman–Crippen LogP) is 6.63. The molecule has 2 heterocycles. The Morgan fingerprint density at radius 3 is 2.58 bits per heavy atom. The maximum absolute atomic E-state index is 6.04. The largest absolute Gasteiger partial charge is 0.384 e. The van der Waals surface area contributed by atoms with Crippen molar-refractivity contribution in [3.8, 4) is 0 Å². The van der Waals surface area contributed by atoms with Crippen molar-refractivity contribution in [3.05, 3.63) is 71.9 Å². The van der Waals surface area contributed by atoms with Gasteiger partial charge in [-0.3, -0.25) is 4.98 Å². The molecule has 4 aromatic rings. The van der Waals surface area contributed by atoms with Gasteiger partial charge in [-0.05, 0) is 81.9 Å². The van der Waals surface area contributed by atoms with Crippen LogP contribution in [0.5, 0.6) is 0 Å². The van der Waals surface area contributed by atoms with Crippen LogP contribution >= 0.6 is 11.6 Å². The monoisotopic (exact) mass is 463 g/mol. The average Bonchev–Trinajstić information content (AvgIpc) is 2.82. The minimum atomic E-state index is 0.442. The Labute approximate surface area is 202 Å². The lowest BCUT2D eigenvalue weighted by molar-refractivity contribution is 0.295. The minimum absolute atomic E-state index is 0.442. The molecule has 0 saturated heterocycles. The molecule has 6 heteroatoms. The number of rotatable bonds is 8. The molecule has 2 aromatic carbocycles. The van der Waals surface area contributed by atoms with Gasteiger partial charge in [0.1, 0.15) is 5.82 Å². The molecule has 0 fully saturated rings. The standard InChI is InChI=1S/C18H26ClN3.C9H8N2/c1-4-22(5-2)12-6-7-14(3)21-17-10-11-20-18-13-15(19)8-9-16(17)18;10-9-6-5-7-3-1-2-4-8(7)11-9/h8-11,13-14H,4-7,12H2,1-3H3,(H,20,21);1-6H,(H2,10,11). The Bertz CT molecular complexity index is 1160. The lowest BCUT2D eigenvalue weighted by Gasteiger charge is -2.20. The number of hydrogen-bond donors (Lipinski definition) is 2. The van der Waals surface area contributed by atoms with Gasteiger partial charge in [-0.25, -0.2) is 4.98 Å². The van der Waals surface area contributed by atoms with E-state index < -0.39 is 0 Å². The van der Waals surface area contributed by atoms with Gasteiger partial charge < -0.3 is 16.0 Å². The summed E-state index contributed by atoms with van der Waals surface area (Å²) >= 11 is 6.04. The summed E-state index contributed by atoms with van der Waals surface area (Å²) in [7, 11) is 0. The lowest BCUT2D eigenvalue weighted by Crippen LogP contribution is -2.25. The third-order valence-corrected chi connectivity index (χ3v) is 5.97. The SMILES string of the molecule is CCN(CC)CCCC(C)Nc1ccnc2cc(Cl)ccc12.Nc1ccc2ccccc2n1. The molecule has 1 atom stereocenters. The minimum Gasteiger partial charge on any atom is -0.384 e. The Kier molecular flexibility index (Phi) is 9.28. The third kappa shape index (κ3) is 7.31. The number of nitrogens with two attached hydrogens (primary N) is 1. The first-order valence-corrected chi connectivity index (χ1v) is 12.0. The number of nitrogen functional groups attached to an aromatic ring is 1. The molecular formula is C27H34ClN5. The first-order valence-electron chi connectivity index (χ1n) is 11.6. The number of anilines is 2. The fourth-order valence-electron chi connectivity index (χ4n) is 3.83. The van der Waals surface area contributed by atoms with Crippen LogP contribution in [0.1, 0.15) is 33.6 Å². The quantitative estimate of drug-likeness (QED) is 0.307. The zero-order valence-electron chi connectivity index (χ0n) is 19.8. The molecule has 0 radical (unpaired) electrons. The molecule has 33 heavy (non-hydrogen) atoms. The number of pyridine rings is 2. The predicted molar refractivity (Wildman–Crippen MR) is 143 cm³/mol. The van der Waals surface area contributed by atoms with Crippen molar-refractivity contribution in [2.24, 2.45) is 0 Å². The number of aromatic nitrogens is 2. The number of halogens is 1. The van der Waals surface area contributed by atoms with Crippen molar-refractivity contribution in [1.82, 2.24) is 14.9 Å². The molecule has 1 unspecified atom stereocenters. The summed E-state index contributed by atoms with van der Waals surface area (Å²) in [5, 5.41) is 6.59. The van der Waals surface area contributed by atoms with Crippen LogP contribution in [-0.4, -0.2) is 40.5 Å². The van der Waals surface area contributed by atoms with Gasteiger partial charge in [-0.2, -0.15) is 0 Å². The number of benzene rings is 2. The van der Waals surface area contributed by atoms with Crippen LogP contribution in [0, 0.1) is 0 Å². The smallest absolute Gasteiger partial charge is 0.124 e. The van der Waals surface area contributed by atoms with Crippen LogP contribution in [0.4, 0.5) is 11.5 Å². The summed E-state index contributed by atoms with van der Waals surface area (Å²) in [6, 6.07) is 20.0. The Morgan fingerprint density at radius 2 is 1.79 bits per heavy atom. The Morgan fingerprint density at radius 1 is 1.00 bits per heavy atom. The second-order valence-corrected chi connectivity index (χ2v) is 8.60. The number of para-hydroxylation sites is 1. The zero-order chi connectivity index (χ0) is 23.6. The number of fused-ring (bicyclic) bond motifs is 2. The maximum atomic E-state index is 6.04. The van der Waals surface area contributed by atoms with Crippen molar-refractivity contribution in [3.63, 3.8) is 0 Å². The fraction of sp³-hybridized carbons (Fsp3) is 0.333. The van der Waals surface area contributed by atoms with Gasteiger partial charge in [-0.1, -0.05) is 43.6 Å². The molecule has 0 aliphatic heterocycles. The van der Waals surface area contributed by atoms with E-state index in [1.54, 1.807) is 0 Å². The van der Waals surface area contributed by atoms with E-state index in [1.165, 1.54) is 13.0 Å². The van der Waals surface area contributed by atoms with Crippen molar-refractivity contribution >= 4 is 44.9 Å². The highest BCUT2D eigenvalue weighted by Crippen LogP contribution is 2.25. The van der Waals surface area contributed by atoms with E-state index in [0.29, 0.717) is 11.9 Å². The molecule has 0 spiro atoms. The van der Waals surface area contributed by atoms with Gasteiger partial charge in [0.2, 0.25) is 0 Å². The molecule has 4 rings (SSSR count). The van der Waals surface area contributed by atoms with Crippen molar-refractivity contribution in [2.75, 3.05) is 30.7 Å². The highest BCUT2D eigenvalue weighted by Gasteiger charge is 2.07. The Balaban J connectivity index is 0.000000231. The molecule has 3 N–H and O–H groups in total. The fourth-order valence-corrected chi connectivity index (χ4v) is 3.99. The summed E-state index contributed by atoms with van der Waals surface area (Å²) in [6.07, 6.45) is 4.21. The van der Waals surface area contributed by atoms with Crippen LogP contribution < -0.4 is 11.1 Å². The second-order valence-electron chi connectivity index (χ2n) is 8.16. The van der Waals surface area contributed by atoms with E-state index in [1.807, 2.05) is 66.9 Å². The van der Waals surface area contributed by atoms with E-state index in [4.69, 9.17) is 17.3 Å². The first-order chi connectivity index (χ1) is 16.0. The van der Waals surface area contributed by atoms with Gasteiger partial charge in [0.25, 0.3) is 0 Å². The van der Waals surface area contributed by atoms with Crippen LogP contribution in [0.25, 0.3) is 21.8 Å². The molecule has 174 valence electrons. The topological polar surface area (TPSA) is 67.1 Å². The summed E-state index contributed by atoms with van der Waals surface area (Å²) < 4.78 is 0. The molecular weight excluding hydrogens is 430 g/mol. The molecule has 5 nitrogen and oxygen atoms in total. The summed E-state index contributed by atoms with van der Waals surface area (Å²) in [5.74, 6) is 0.573. The van der Waals surface area contributed by atoms with Gasteiger partial charge in [-0.15, -0.1) is 0 Å². The van der Waals surface area contributed by atoms with Crippen molar-refractivity contribution < 1.29 is 0 Å². The van der Waals surface area contributed by atoms with Crippen molar-refractivity contribution in [2.45, 2.75) is 39.7 Å². The lowest BCUT2D eigenvalue weighted by atomic mass is 10.1. The van der Waals surface area contributed by atoms with E-state index in [9.17, 15) is 0 Å². The zero-order valence-corrected chi connectivity index (χ0v) is 20.5. The third-order valence-electron chi connectivity index (χ3n) is 5.73. The normalized spacial score (nSPS) is 11.9. The second kappa shape index (κ2) is 12.4. The molecule has 0 bridgehead atoms. The van der Waals surface area contributed by atoms with Crippen molar-refractivity contribution in [1.29, 1.82) is 0 Å². The van der Waals surface area contributed by atoms with Crippen LogP contribution in [0.15, 0.2) is 66.9 Å². The van der Waals surface area contributed by atoms with Gasteiger partial charge in [0.05, 0.1) is 11.0 Å². The molecule has 2 aromatic heterocycles. The molecule has 0 amide bonds. The summed E-state index contributed by atoms with van der Waals surface area (Å²) in [6.45, 7) is 10.1. The summed E-state index contributed by atoms with van der Waals surface area (Å²) in [5.41, 5.74) is 8.54. The van der Waals surface area contributed by atoms with Gasteiger partial charge in [0.15, 0.2) is 0 Å². The number of nitrogens with zero attached hydrogens (tertiary/aromatic N) is 3. The molecule has 0 aliphatic carbocycles. The molecule has 0 saturated carbocycles. The van der Waals surface area contributed by atoms with E-state index >= 15 is 0 Å². The van der Waals surface area contributed by atoms with Crippen LogP contribution in [0.2, 0.25) is 5.02 Å². The van der Waals surface area contributed by atoms with Gasteiger partial charge in [0, 0.05) is 33.7 Å². The average molecular weight is 464 g/mol. The van der Waals surface area contributed by atoms with Gasteiger partial charge >= 0.3 is 0 Å². The van der Waals surface area contributed by atoms with Crippen LogP contribution in [-0.2, 0) is 0 Å². The van der Waals surface area contributed by atoms with E-state index in [-0.39, 0.29) is 0 Å². The van der Waals surface area contributed by atoms with E-state index in [2.05, 4.69) is 41.0 Å². The maximum Gasteiger partial charge on any atom is 0.124 e.